The Labute approximate surface area is 172 Å². The largest absolute Gasteiger partial charge is 0.497 e. The quantitative estimate of drug-likeness (QED) is 0.733. The molecule has 1 heterocycles. The molecule has 1 aliphatic rings. The molecule has 2 amide bonds. The fourth-order valence-corrected chi connectivity index (χ4v) is 3.25. The van der Waals surface area contributed by atoms with Gasteiger partial charge < -0.3 is 19.4 Å². The molecule has 0 spiro atoms. The molecule has 0 N–H and O–H groups in total. The van der Waals surface area contributed by atoms with Crippen LogP contribution in [0.2, 0.25) is 0 Å². The van der Waals surface area contributed by atoms with Gasteiger partial charge in [-0.3, -0.25) is 9.59 Å². The molecule has 6 nitrogen and oxygen atoms in total. The first-order valence-electron chi connectivity index (χ1n) is 9.65. The summed E-state index contributed by atoms with van der Waals surface area (Å²) in [6.45, 7) is 2.97. The molecule has 2 aromatic carbocycles. The molecular weight excluding hydrogens is 366 g/mol. The van der Waals surface area contributed by atoms with Crippen LogP contribution in [-0.2, 0) is 4.79 Å². The Hall–Kier alpha value is -3.28. The summed E-state index contributed by atoms with van der Waals surface area (Å²) in [4.78, 5) is 30.1. The topological polar surface area (TPSA) is 53.1 Å². The predicted octanol–water partition coefficient (Wildman–Crippen LogP) is 2.76. The van der Waals surface area contributed by atoms with Gasteiger partial charge in [0.15, 0.2) is 0 Å². The van der Waals surface area contributed by atoms with E-state index < -0.39 is 0 Å². The maximum Gasteiger partial charge on any atom is 0.253 e. The molecule has 152 valence electrons. The molecule has 29 heavy (non-hydrogen) atoms. The zero-order valence-corrected chi connectivity index (χ0v) is 17.2. The zero-order chi connectivity index (χ0) is 20.8. The smallest absolute Gasteiger partial charge is 0.253 e. The van der Waals surface area contributed by atoms with E-state index in [-0.39, 0.29) is 11.8 Å². The normalized spacial score (nSPS) is 14.2. The third-order valence-corrected chi connectivity index (χ3v) is 5.01. The fourth-order valence-electron chi connectivity index (χ4n) is 3.25. The number of hydrogen-bond acceptors (Lipinski definition) is 4. The minimum absolute atomic E-state index is 0.00725. The number of ether oxygens (including phenoxy) is 1. The molecule has 0 radical (unpaired) electrons. The molecule has 1 saturated heterocycles. The number of piperazine rings is 1. The highest BCUT2D eigenvalue weighted by Crippen LogP contribution is 2.20. The molecule has 0 bridgehead atoms. The molecule has 0 aromatic heterocycles. The van der Waals surface area contributed by atoms with Crippen molar-refractivity contribution in [1.82, 2.24) is 9.80 Å². The standard InChI is InChI=1S/C23H27N3O3/c1-24(2)23(28)19-7-4-18(5-8-19)6-13-22(27)26-16-14-25(15-17-26)20-9-11-21(29-3)12-10-20/h4-13H,14-17H2,1-3H3/b13-6+. The van der Waals surface area contributed by atoms with Crippen LogP contribution in [0.25, 0.3) is 6.08 Å². The Morgan fingerprint density at radius 2 is 1.55 bits per heavy atom. The lowest BCUT2D eigenvalue weighted by molar-refractivity contribution is -0.126. The van der Waals surface area contributed by atoms with Gasteiger partial charge in [-0.25, -0.2) is 0 Å². The van der Waals surface area contributed by atoms with Crippen molar-refractivity contribution in [2.24, 2.45) is 0 Å². The molecule has 0 atom stereocenters. The maximum atomic E-state index is 12.5. The van der Waals surface area contributed by atoms with Crippen molar-refractivity contribution in [2.45, 2.75) is 0 Å². The summed E-state index contributed by atoms with van der Waals surface area (Å²) >= 11 is 0. The van der Waals surface area contributed by atoms with Gasteiger partial charge >= 0.3 is 0 Å². The lowest BCUT2D eigenvalue weighted by Gasteiger charge is -2.35. The number of carbonyl (C=O) groups excluding carboxylic acids is 2. The van der Waals surface area contributed by atoms with E-state index in [0.717, 1.165) is 30.1 Å². The van der Waals surface area contributed by atoms with Crippen molar-refractivity contribution < 1.29 is 14.3 Å². The van der Waals surface area contributed by atoms with Crippen LogP contribution in [0.4, 0.5) is 5.69 Å². The molecule has 0 unspecified atom stereocenters. The summed E-state index contributed by atoms with van der Waals surface area (Å²) < 4.78 is 5.20. The van der Waals surface area contributed by atoms with Crippen molar-refractivity contribution in [1.29, 1.82) is 0 Å². The van der Waals surface area contributed by atoms with Crippen molar-refractivity contribution in [3.63, 3.8) is 0 Å². The Bertz CT molecular complexity index is 865. The molecular formula is C23H27N3O3. The summed E-state index contributed by atoms with van der Waals surface area (Å²) in [7, 11) is 5.11. The summed E-state index contributed by atoms with van der Waals surface area (Å²) in [6.07, 6.45) is 3.40. The average Bonchev–Trinajstić information content (AvgIpc) is 2.77. The van der Waals surface area contributed by atoms with Crippen molar-refractivity contribution in [3.05, 3.63) is 65.7 Å². The molecule has 3 rings (SSSR count). The van der Waals surface area contributed by atoms with E-state index in [4.69, 9.17) is 4.74 Å². The Morgan fingerprint density at radius 1 is 0.931 bits per heavy atom. The van der Waals surface area contributed by atoms with E-state index in [1.807, 2.05) is 41.3 Å². The molecule has 0 aliphatic carbocycles. The van der Waals surface area contributed by atoms with Crippen molar-refractivity contribution >= 4 is 23.6 Å². The second-order valence-electron chi connectivity index (χ2n) is 7.17. The number of nitrogens with zero attached hydrogens (tertiary/aromatic N) is 3. The Morgan fingerprint density at radius 3 is 2.10 bits per heavy atom. The van der Waals surface area contributed by atoms with E-state index >= 15 is 0 Å². The summed E-state index contributed by atoms with van der Waals surface area (Å²) in [5.41, 5.74) is 2.67. The Kier molecular flexibility index (Phi) is 6.54. The molecule has 6 heteroatoms. The number of rotatable bonds is 5. The third-order valence-electron chi connectivity index (χ3n) is 5.01. The first-order valence-corrected chi connectivity index (χ1v) is 9.65. The predicted molar refractivity (Wildman–Crippen MR) is 115 cm³/mol. The van der Waals surface area contributed by atoms with E-state index in [2.05, 4.69) is 4.90 Å². The monoisotopic (exact) mass is 393 g/mol. The average molecular weight is 393 g/mol. The van der Waals surface area contributed by atoms with E-state index in [0.29, 0.717) is 18.7 Å². The van der Waals surface area contributed by atoms with Crippen LogP contribution in [0, 0.1) is 0 Å². The Balaban J connectivity index is 1.53. The first kappa shape index (κ1) is 20.5. The summed E-state index contributed by atoms with van der Waals surface area (Å²) in [5, 5.41) is 0. The fraction of sp³-hybridized carbons (Fsp3) is 0.304. The van der Waals surface area contributed by atoms with Gasteiger partial charge in [0, 0.05) is 57.6 Å². The lowest BCUT2D eigenvalue weighted by atomic mass is 10.1. The minimum atomic E-state index is -0.0358. The van der Waals surface area contributed by atoms with Gasteiger partial charge in [-0.05, 0) is 48.0 Å². The number of anilines is 1. The van der Waals surface area contributed by atoms with E-state index in [1.165, 1.54) is 0 Å². The van der Waals surface area contributed by atoms with Gasteiger partial charge in [0.1, 0.15) is 5.75 Å². The maximum absolute atomic E-state index is 12.5. The van der Waals surface area contributed by atoms with Gasteiger partial charge in [-0.1, -0.05) is 12.1 Å². The SMILES string of the molecule is COc1ccc(N2CCN(C(=O)/C=C/c3ccc(C(=O)N(C)C)cc3)CC2)cc1. The highest BCUT2D eigenvalue weighted by Gasteiger charge is 2.19. The van der Waals surface area contributed by atoms with E-state index in [1.54, 1.807) is 50.4 Å². The number of carbonyl (C=O) groups is 2. The summed E-state index contributed by atoms with van der Waals surface area (Å²) in [6, 6.07) is 15.2. The van der Waals surface area contributed by atoms with Gasteiger partial charge in [-0.15, -0.1) is 0 Å². The molecule has 2 aromatic rings. The van der Waals surface area contributed by atoms with Crippen LogP contribution in [0.5, 0.6) is 5.75 Å². The third kappa shape index (κ3) is 5.16. The molecule has 1 fully saturated rings. The molecule has 1 aliphatic heterocycles. The highest BCUT2D eigenvalue weighted by molar-refractivity contribution is 5.94. The highest BCUT2D eigenvalue weighted by atomic mass is 16.5. The second-order valence-corrected chi connectivity index (χ2v) is 7.17. The van der Waals surface area contributed by atoms with Crippen LogP contribution >= 0.6 is 0 Å². The van der Waals surface area contributed by atoms with Crippen LogP contribution in [-0.4, -0.2) is 69.0 Å². The van der Waals surface area contributed by atoms with Crippen LogP contribution in [0.1, 0.15) is 15.9 Å². The van der Waals surface area contributed by atoms with E-state index in [9.17, 15) is 9.59 Å². The van der Waals surface area contributed by atoms with Crippen molar-refractivity contribution in [3.8, 4) is 5.75 Å². The van der Waals surface area contributed by atoms with Gasteiger partial charge in [0.2, 0.25) is 5.91 Å². The summed E-state index contributed by atoms with van der Waals surface area (Å²) in [5.74, 6) is 0.811. The van der Waals surface area contributed by atoms with Crippen LogP contribution in [0.15, 0.2) is 54.6 Å². The van der Waals surface area contributed by atoms with Crippen LogP contribution < -0.4 is 9.64 Å². The van der Waals surface area contributed by atoms with Crippen LogP contribution in [0.3, 0.4) is 0 Å². The second kappa shape index (κ2) is 9.28. The molecule has 0 saturated carbocycles. The lowest BCUT2D eigenvalue weighted by Crippen LogP contribution is -2.48. The first-order chi connectivity index (χ1) is 14.0. The van der Waals surface area contributed by atoms with Crippen molar-refractivity contribution in [2.75, 3.05) is 52.3 Å². The van der Waals surface area contributed by atoms with Gasteiger partial charge in [0.05, 0.1) is 7.11 Å². The zero-order valence-electron chi connectivity index (χ0n) is 17.2. The van der Waals surface area contributed by atoms with Gasteiger partial charge in [-0.2, -0.15) is 0 Å². The number of hydrogen-bond donors (Lipinski definition) is 0. The number of benzene rings is 2. The van der Waals surface area contributed by atoms with Gasteiger partial charge in [0.25, 0.3) is 5.91 Å². The minimum Gasteiger partial charge on any atom is -0.497 e. The number of amides is 2. The number of methoxy groups -OCH3 is 1.